The molecule has 1 aliphatic rings. The molecule has 60 valence electrons. The van der Waals surface area contributed by atoms with Crippen LogP contribution in [0, 0.1) is 0 Å². The van der Waals surface area contributed by atoms with Gasteiger partial charge in [0.2, 0.25) is 0 Å². The van der Waals surface area contributed by atoms with E-state index in [1.54, 1.807) is 0 Å². The highest BCUT2D eigenvalue weighted by molar-refractivity contribution is 5.40. The van der Waals surface area contributed by atoms with Crippen molar-refractivity contribution in [2.24, 2.45) is 0 Å². The Morgan fingerprint density at radius 2 is 2.55 bits per heavy atom. The summed E-state index contributed by atoms with van der Waals surface area (Å²) in [6.07, 6.45) is 2.52. The van der Waals surface area contributed by atoms with E-state index < -0.39 is 0 Å². The molecule has 1 atom stereocenters. The number of anilines is 1. The second-order valence-corrected chi connectivity index (χ2v) is 2.71. The highest BCUT2D eigenvalue weighted by Gasteiger charge is 2.23. The number of hydrogen-bond donors (Lipinski definition) is 1. The van der Waals surface area contributed by atoms with E-state index in [2.05, 4.69) is 5.16 Å². The van der Waals surface area contributed by atoms with Crippen LogP contribution in [0.5, 0.6) is 0 Å². The first-order valence-corrected chi connectivity index (χ1v) is 3.65. The van der Waals surface area contributed by atoms with Gasteiger partial charge in [-0.15, -0.1) is 0 Å². The molecule has 0 amide bonds. The summed E-state index contributed by atoms with van der Waals surface area (Å²) in [5, 5.41) is 3.61. The molecule has 2 N–H and O–H groups in total. The maximum Gasteiger partial charge on any atom is 0.165 e. The van der Waals surface area contributed by atoms with Gasteiger partial charge in [-0.2, -0.15) is 0 Å². The molecule has 0 aromatic carbocycles. The zero-order valence-electron chi connectivity index (χ0n) is 6.12. The van der Waals surface area contributed by atoms with Crippen LogP contribution in [0.2, 0.25) is 0 Å². The quantitative estimate of drug-likeness (QED) is 0.648. The number of aromatic nitrogens is 1. The predicted octanol–water partition coefficient (Wildman–Crippen LogP) is 0.761. The molecule has 0 bridgehead atoms. The average molecular weight is 154 g/mol. The van der Waals surface area contributed by atoms with Crippen molar-refractivity contribution in [3.8, 4) is 0 Å². The van der Waals surface area contributed by atoms with Gasteiger partial charge in [0, 0.05) is 12.5 Å². The summed E-state index contributed by atoms with van der Waals surface area (Å²) in [7, 11) is 0. The molecule has 0 saturated carbocycles. The Hall–Kier alpha value is -1.03. The van der Waals surface area contributed by atoms with Crippen molar-refractivity contribution in [1.82, 2.24) is 5.16 Å². The van der Waals surface area contributed by atoms with Gasteiger partial charge in [-0.05, 0) is 6.42 Å². The number of rotatable bonds is 1. The van der Waals surface area contributed by atoms with Crippen molar-refractivity contribution in [2.45, 2.75) is 12.3 Å². The molecule has 11 heavy (non-hydrogen) atoms. The second kappa shape index (κ2) is 2.54. The van der Waals surface area contributed by atoms with Crippen molar-refractivity contribution in [1.29, 1.82) is 0 Å². The lowest BCUT2D eigenvalue weighted by molar-refractivity contribution is 0.190. The van der Waals surface area contributed by atoms with Gasteiger partial charge in [0.1, 0.15) is 0 Å². The Morgan fingerprint density at radius 3 is 3.09 bits per heavy atom. The van der Waals surface area contributed by atoms with Crippen LogP contribution in [0.15, 0.2) is 10.7 Å². The zero-order chi connectivity index (χ0) is 7.68. The van der Waals surface area contributed by atoms with Gasteiger partial charge >= 0.3 is 0 Å². The van der Waals surface area contributed by atoms with E-state index in [0.717, 1.165) is 18.8 Å². The molecular formula is C7H10N2O2. The molecule has 1 fully saturated rings. The fourth-order valence-electron chi connectivity index (χ4n) is 1.31. The van der Waals surface area contributed by atoms with Gasteiger partial charge in [-0.25, -0.2) is 0 Å². The van der Waals surface area contributed by atoms with E-state index in [0.29, 0.717) is 18.2 Å². The van der Waals surface area contributed by atoms with Gasteiger partial charge in [-0.1, -0.05) is 5.16 Å². The lowest BCUT2D eigenvalue weighted by atomic mass is 10.1. The molecule has 2 heterocycles. The molecule has 0 radical (unpaired) electrons. The molecule has 4 nitrogen and oxygen atoms in total. The first-order valence-electron chi connectivity index (χ1n) is 3.65. The van der Waals surface area contributed by atoms with Crippen LogP contribution >= 0.6 is 0 Å². The van der Waals surface area contributed by atoms with Crippen LogP contribution in [0.1, 0.15) is 18.1 Å². The summed E-state index contributed by atoms with van der Waals surface area (Å²) in [5.74, 6) is 1.10. The fourth-order valence-corrected chi connectivity index (χ4v) is 1.31. The van der Waals surface area contributed by atoms with E-state index in [4.69, 9.17) is 15.0 Å². The molecule has 1 unspecified atom stereocenters. The van der Waals surface area contributed by atoms with Crippen molar-refractivity contribution >= 4 is 5.69 Å². The summed E-state index contributed by atoms with van der Waals surface area (Å²) in [6.45, 7) is 1.50. The summed E-state index contributed by atoms with van der Waals surface area (Å²) >= 11 is 0. The van der Waals surface area contributed by atoms with Crippen LogP contribution in [0.25, 0.3) is 0 Å². The van der Waals surface area contributed by atoms with Gasteiger partial charge in [0.25, 0.3) is 0 Å². The minimum atomic E-state index is 0.317. The van der Waals surface area contributed by atoms with Gasteiger partial charge in [0.15, 0.2) is 5.76 Å². The van der Waals surface area contributed by atoms with Crippen molar-refractivity contribution < 1.29 is 9.26 Å². The van der Waals surface area contributed by atoms with Gasteiger partial charge in [-0.3, -0.25) is 0 Å². The Kier molecular flexibility index (Phi) is 1.54. The average Bonchev–Trinajstić information content (AvgIpc) is 2.55. The standard InChI is InChI=1S/C7H10N2O2/c8-6-3-9-11-7(6)5-1-2-10-4-5/h3,5H,1-2,4,8H2. The highest BCUT2D eigenvalue weighted by atomic mass is 16.5. The summed E-state index contributed by atoms with van der Waals surface area (Å²) in [5.41, 5.74) is 6.25. The Morgan fingerprint density at radius 1 is 1.64 bits per heavy atom. The maximum absolute atomic E-state index is 5.61. The molecule has 0 spiro atoms. The van der Waals surface area contributed by atoms with Crippen molar-refractivity contribution in [3.05, 3.63) is 12.0 Å². The van der Waals surface area contributed by atoms with Gasteiger partial charge < -0.3 is 15.0 Å². The van der Waals surface area contributed by atoms with E-state index in [9.17, 15) is 0 Å². The van der Waals surface area contributed by atoms with Crippen LogP contribution < -0.4 is 5.73 Å². The van der Waals surface area contributed by atoms with Crippen LogP contribution in [0.4, 0.5) is 5.69 Å². The topological polar surface area (TPSA) is 61.3 Å². The van der Waals surface area contributed by atoms with Gasteiger partial charge in [0.05, 0.1) is 18.5 Å². The molecular weight excluding hydrogens is 144 g/mol. The SMILES string of the molecule is Nc1cnoc1C1CCOC1. The van der Waals surface area contributed by atoms with Crippen LogP contribution in [-0.2, 0) is 4.74 Å². The number of nitrogen functional groups attached to an aromatic ring is 1. The Balaban J connectivity index is 2.21. The van der Waals surface area contributed by atoms with Crippen molar-refractivity contribution in [3.63, 3.8) is 0 Å². The lowest BCUT2D eigenvalue weighted by Gasteiger charge is -2.01. The normalized spacial score (nSPS) is 24.2. The predicted molar refractivity (Wildman–Crippen MR) is 39.1 cm³/mol. The molecule has 1 saturated heterocycles. The Bertz CT molecular complexity index is 240. The maximum atomic E-state index is 5.61. The number of hydrogen-bond acceptors (Lipinski definition) is 4. The van der Waals surface area contributed by atoms with Crippen LogP contribution in [0.3, 0.4) is 0 Å². The zero-order valence-corrected chi connectivity index (χ0v) is 6.12. The first-order chi connectivity index (χ1) is 5.38. The lowest BCUT2D eigenvalue weighted by Crippen LogP contribution is -1.98. The molecule has 4 heteroatoms. The Labute approximate surface area is 64.3 Å². The third kappa shape index (κ3) is 1.09. The van der Waals surface area contributed by atoms with E-state index in [1.165, 1.54) is 6.20 Å². The molecule has 0 aliphatic carbocycles. The fraction of sp³-hybridized carbons (Fsp3) is 0.571. The minimum absolute atomic E-state index is 0.317. The van der Waals surface area contributed by atoms with Crippen molar-refractivity contribution in [2.75, 3.05) is 18.9 Å². The monoisotopic (exact) mass is 154 g/mol. The largest absolute Gasteiger partial charge is 0.395 e. The van der Waals surface area contributed by atoms with E-state index in [1.807, 2.05) is 0 Å². The highest BCUT2D eigenvalue weighted by Crippen LogP contribution is 2.28. The molecule has 1 aromatic heterocycles. The summed E-state index contributed by atoms with van der Waals surface area (Å²) < 4.78 is 10.2. The van der Waals surface area contributed by atoms with Crippen LogP contribution in [-0.4, -0.2) is 18.4 Å². The third-order valence-corrected chi connectivity index (χ3v) is 1.93. The third-order valence-electron chi connectivity index (χ3n) is 1.93. The molecule has 1 aliphatic heterocycles. The minimum Gasteiger partial charge on any atom is -0.395 e. The molecule has 1 aromatic rings. The summed E-state index contributed by atoms with van der Waals surface area (Å²) in [4.78, 5) is 0. The number of nitrogens with zero attached hydrogens (tertiary/aromatic N) is 1. The smallest absolute Gasteiger partial charge is 0.165 e. The molecule has 2 rings (SSSR count). The number of nitrogens with two attached hydrogens (primary N) is 1. The summed E-state index contributed by atoms with van der Waals surface area (Å²) in [6, 6.07) is 0. The first kappa shape index (κ1) is 6.67. The van der Waals surface area contributed by atoms with E-state index in [-0.39, 0.29) is 0 Å². The second-order valence-electron chi connectivity index (χ2n) is 2.71. The van der Waals surface area contributed by atoms with E-state index >= 15 is 0 Å². The number of ether oxygens (including phenoxy) is 1.